The van der Waals surface area contributed by atoms with Gasteiger partial charge in [0.05, 0.1) is 42.0 Å². The molecule has 6 aromatic rings. The highest BCUT2D eigenvalue weighted by atomic mass is 19.3. The Labute approximate surface area is 465 Å². The molecule has 12 rings (SSSR count). The zero-order chi connectivity index (χ0) is 55.1. The van der Waals surface area contributed by atoms with Crippen LogP contribution in [-0.2, 0) is 0 Å². The van der Waals surface area contributed by atoms with E-state index in [4.69, 9.17) is 11.5 Å². The van der Waals surface area contributed by atoms with Crippen LogP contribution in [0.15, 0.2) is 91.3 Å². The molecule has 6 saturated heterocycles. The van der Waals surface area contributed by atoms with Crippen LogP contribution >= 0.6 is 0 Å². The minimum Gasteiger partial charge on any atom is -0.507 e. The molecule has 80 heavy (non-hydrogen) atoms. The van der Waals surface area contributed by atoms with Crippen LogP contribution in [0.2, 0.25) is 0 Å². The molecule has 4 aromatic heterocycles. The number of rotatable bonds is 9. The number of alkyl halides is 2. The van der Waals surface area contributed by atoms with Gasteiger partial charge in [-0.1, -0.05) is 43.0 Å². The molecular formula is C61H68F2N14O3. The number of pyridine rings is 2. The summed E-state index contributed by atoms with van der Waals surface area (Å²) in [5, 5.41) is 51.6. The SMILES string of the molecule is CC1CC(c2cccc(-c3cc(N4CC5CCC(C4)N5c4ccnc(C#CCN5CCCC(F)(F)CC5)c4)c(N)nn3)c2O)N(CC#Cc2cc(N3C4CCC3CN(c3cc(-c5ccccc5O)nnc3N)C4)ccn2)CCC1O. The largest absolute Gasteiger partial charge is 0.507 e. The molecule has 19 heteroatoms. The van der Waals surface area contributed by atoms with Crippen LogP contribution in [0, 0.1) is 29.6 Å². The Kier molecular flexibility index (Phi) is 14.8. The summed E-state index contributed by atoms with van der Waals surface area (Å²) in [7, 11) is 0. The summed E-state index contributed by atoms with van der Waals surface area (Å²) in [6.07, 6.45) is 8.63. The smallest absolute Gasteiger partial charge is 0.249 e. The maximum absolute atomic E-state index is 13.9. The van der Waals surface area contributed by atoms with Crippen molar-refractivity contribution in [1.29, 1.82) is 0 Å². The molecule has 6 aliphatic rings. The minimum absolute atomic E-state index is 0.0287. The molecule has 0 spiro atoms. The molecule has 0 amide bonds. The van der Waals surface area contributed by atoms with Gasteiger partial charge in [0.15, 0.2) is 11.6 Å². The van der Waals surface area contributed by atoms with Crippen LogP contribution in [0.3, 0.4) is 0 Å². The molecular weight excluding hydrogens is 1010 g/mol. The summed E-state index contributed by atoms with van der Waals surface area (Å²) in [5.41, 5.74) is 21.1. The number of phenolic OH excluding ortho intramolecular Hbond substituents is 2. The number of aliphatic hydroxyl groups excluding tert-OH is 1. The highest BCUT2D eigenvalue weighted by molar-refractivity contribution is 5.77. The maximum Gasteiger partial charge on any atom is 0.249 e. The van der Waals surface area contributed by atoms with Crippen molar-refractivity contribution in [2.24, 2.45) is 5.92 Å². The van der Waals surface area contributed by atoms with Gasteiger partial charge in [-0.05, 0) is 124 Å². The summed E-state index contributed by atoms with van der Waals surface area (Å²) in [4.78, 5) is 23.0. The van der Waals surface area contributed by atoms with Gasteiger partial charge in [0.1, 0.15) is 22.9 Å². The second kappa shape index (κ2) is 22.4. The van der Waals surface area contributed by atoms with Crippen LogP contribution < -0.4 is 31.1 Å². The molecule has 0 saturated carbocycles. The molecule has 414 valence electrons. The number of aromatic hydroxyl groups is 2. The van der Waals surface area contributed by atoms with E-state index in [0.717, 1.165) is 67.1 Å². The van der Waals surface area contributed by atoms with E-state index in [9.17, 15) is 24.1 Å². The average molecular weight is 1080 g/mol. The number of para-hydroxylation sites is 2. The van der Waals surface area contributed by atoms with Gasteiger partial charge in [0, 0.05) is 123 Å². The third kappa shape index (κ3) is 10.9. The molecule has 6 aliphatic heterocycles. The number of fused-ring (bicyclic) bond motifs is 4. The molecule has 2 aromatic carbocycles. The van der Waals surface area contributed by atoms with Gasteiger partial charge < -0.3 is 46.4 Å². The number of phenols is 2. The molecule has 0 aliphatic carbocycles. The van der Waals surface area contributed by atoms with Crippen LogP contribution in [-0.4, -0.2) is 151 Å². The number of anilines is 6. The quantitative estimate of drug-likeness (QED) is 0.0897. The molecule has 7 unspecified atom stereocenters. The Morgan fingerprint density at radius 1 is 0.637 bits per heavy atom. The first kappa shape index (κ1) is 52.8. The standard InChI is InChI=1S/C61H68F2N14O3/c1-39-30-53(73(28-20-56(39)78)27-6-9-41-32-43(19-24-67-41)77-44-14-15-45(77)36-74(35-44)54-33-51(68-70-59(54)64)48-10-2-3-13-57(48)79)50-12-4-11-49(58(50)80)52-34-55(60(65)71-69-52)75-37-46-16-17-47(38-75)76(46)42-18-23-66-40(31-42)8-5-25-72-26-7-21-61(62,63)22-29-72/h2-4,10-13,18-19,23-24,31-34,39,44-47,53,56,78-80H,7,14-17,20-22,25-30,35-38H2,1H3,(H2,64,70)(H2,65,71). The van der Waals surface area contributed by atoms with Crippen molar-refractivity contribution < 1.29 is 24.1 Å². The second-order valence-electron chi connectivity index (χ2n) is 22.6. The molecule has 7 N–H and O–H groups in total. The van der Waals surface area contributed by atoms with Gasteiger partial charge in [-0.25, -0.2) is 18.7 Å². The lowest BCUT2D eigenvalue weighted by molar-refractivity contribution is -0.0128. The number of aliphatic hydroxyl groups is 1. The third-order valence-corrected chi connectivity index (χ3v) is 17.4. The summed E-state index contributed by atoms with van der Waals surface area (Å²) in [5.74, 6) is 11.5. The van der Waals surface area contributed by atoms with Crippen LogP contribution in [0.1, 0.15) is 87.7 Å². The number of piperazine rings is 2. The fourth-order valence-electron chi connectivity index (χ4n) is 13.3. The van der Waals surface area contributed by atoms with Crippen molar-refractivity contribution >= 4 is 34.4 Å². The Bertz CT molecular complexity index is 3350. The Hall–Kier alpha value is -7.84. The Balaban J connectivity index is 0.725. The van der Waals surface area contributed by atoms with Crippen LogP contribution in [0.4, 0.5) is 43.2 Å². The zero-order valence-corrected chi connectivity index (χ0v) is 45.0. The zero-order valence-electron chi connectivity index (χ0n) is 45.0. The van der Waals surface area contributed by atoms with E-state index in [1.165, 1.54) is 0 Å². The van der Waals surface area contributed by atoms with Gasteiger partial charge >= 0.3 is 0 Å². The van der Waals surface area contributed by atoms with Crippen molar-refractivity contribution in [2.75, 3.05) is 90.0 Å². The van der Waals surface area contributed by atoms with Crippen LogP contribution in [0.25, 0.3) is 22.5 Å². The Morgan fingerprint density at radius 2 is 1.20 bits per heavy atom. The predicted octanol–water partition coefficient (Wildman–Crippen LogP) is 7.34. The highest BCUT2D eigenvalue weighted by Gasteiger charge is 2.43. The average Bonchev–Trinajstić information content (AvgIpc) is 3.99. The summed E-state index contributed by atoms with van der Waals surface area (Å²) in [6, 6.07) is 25.6. The number of nitrogen functional groups attached to an aromatic ring is 2. The van der Waals surface area contributed by atoms with Crippen molar-refractivity contribution in [1.82, 2.24) is 40.2 Å². The van der Waals surface area contributed by atoms with E-state index in [0.29, 0.717) is 111 Å². The molecule has 6 fully saturated rings. The van der Waals surface area contributed by atoms with E-state index >= 15 is 0 Å². The molecule has 7 atom stereocenters. The second-order valence-corrected chi connectivity index (χ2v) is 22.6. The number of benzene rings is 2. The number of halogens is 2. The van der Waals surface area contributed by atoms with Crippen molar-refractivity contribution in [3.8, 4) is 57.7 Å². The number of likely N-dealkylation sites (tertiary alicyclic amines) is 2. The first-order valence-electron chi connectivity index (χ1n) is 28.2. The summed E-state index contributed by atoms with van der Waals surface area (Å²) >= 11 is 0. The van der Waals surface area contributed by atoms with E-state index in [2.05, 4.69) is 97.6 Å². The topological polar surface area (TPSA) is 210 Å². The fourth-order valence-corrected chi connectivity index (χ4v) is 13.3. The fraction of sp³-hybridized carbons (Fsp3) is 0.443. The number of aromatic nitrogens is 6. The molecule has 4 bridgehead atoms. The Morgan fingerprint density at radius 3 is 1.80 bits per heavy atom. The van der Waals surface area contributed by atoms with Gasteiger partial charge in [-0.3, -0.25) is 9.80 Å². The lowest BCUT2D eigenvalue weighted by Crippen LogP contribution is -2.54. The van der Waals surface area contributed by atoms with Crippen molar-refractivity contribution in [3.05, 3.63) is 108 Å². The first-order valence-corrected chi connectivity index (χ1v) is 28.2. The lowest BCUT2D eigenvalue weighted by Gasteiger charge is -2.43. The van der Waals surface area contributed by atoms with Gasteiger partial charge in [0.2, 0.25) is 5.92 Å². The van der Waals surface area contributed by atoms with Gasteiger partial charge in [-0.2, -0.15) is 0 Å². The van der Waals surface area contributed by atoms with Crippen molar-refractivity contribution in [3.63, 3.8) is 0 Å². The number of nitrogens with two attached hydrogens (primary N) is 2. The maximum atomic E-state index is 13.9. The van der Waals surface area contributed by atoms with Crippen LogP contribution in [0.5, 0.6) is 11.5 Å². The van der Waals surface area contributed by atoms with Crippen molar-refractivity contribution in [2.45, 2.75) is 107 Å². The predicted molar refractivity (Wildman–Crippen MR) is 306 cm³/mol. The number of hydrogen-bond acceptors (Lipinski definition) is 17. The summed E-state index contributed by atoms with van der Waals surface area (Å²) < 4.78 is 27.9. The number of hydrogen-bond donors (Lipinski definition) is 5. The van der Waals surface area contributed by atoms with Gasteiger partial charge in [0.25, 0.3) is 0 Å². The van der Waals surface area contributed by atoms with E-state index in [1.54, 1.807) is 18.3 Å². The van der Waals surface area contributed by atoms with Gasteiger partial charge in [-0.15, -0.1) is 20.4 Å². The monoisotopic (exact) mass is 1080 g/mol. The molecule has 17 nitrogen and oxygen atoms in total. The van der Waals surface area contributed by atoms with E-state index < -0.39 is 12.0 Å². The molecule has 10 heterocycles. The molecule has 0 radical (unpaired) electrons. The highest BCUT2D eigenvalue weighted by Crippen LogP contribution is 2.44. The van der Waals surface area contributed by atoms with E-state index in [-0.39, 0.29) is 60.5 Å². The lowest BCUT2D eigenvalue weighted by atomic mass is 9.90. The number of nitrogens with zero attached hydrogens (tertiary/aromatic N) is 12. The summed E-state index contributed by atoms with van der Waals surface area (Å²) in [6.45, 7) is 7.36. The first-order chi connectivity index (χ1) is 38.8. The third-order valence-electron chi connectivity index (χ3n) is 17.4. The van der Waals surface area contributed by atoms with E-state index in [1.807, 2.05) is 65.7 Å². The normalized spacial score (nSPS) is 24.8. The minimum atomic E-state index is -2.60.